The molecule has 2 aromatic carbocycles. The molecule has 0 bridgehead atoms. The summed E-state index contributed by atoms with van der Waals surface area (Å²) < 4.78 is 1.14. The Hall–Kier alpha value is -2.37. The van der Waals surface area contributed by atoms with Crippen LogP contribution in [0, 0.1) is 0 Å². The van der Waals surface area contributed by atoms with Crippen molar-refractivity contribution in [2.45, 2.75) is 0 Å². The number of amides is 1. The lowest BCUT2D eigenvalue weighted by molar-refractivity contribution is 0.102. The highest BCUT2D eigenvalue weighted by Gasteiger charge is 2.16. The maximum atomic E-state index is 12.5. The van der Waals surface area contributed by atoms with E-state index in [0.29, 0.717) is 26.5 Å². The van der Waals surface area contributed by atoms with Crippen molar-refractivity contribution in [2.75, 3.05) is 5.32 Å². The quantitative estimate of drug-likeness (QED) is 0.771. The lowest BCUT2D eigenvalue weighted by Crippen LogP contribution is -2.25. The van der Waals surface area contributed by atoms with Gasteiger partial charge >= 0.3 is 0 Å². The summed E-state index contributed by atoms with van der Waals surface area (Å²) in [5.41, 5.74) is 0.342. The van der Waals surface area contributed by atoms with Gasteiger partial charge in [0, 0.05) is 28.2 Å². The molecule has 0 aliphatic carbocycles. The van der Waals surface area contributed by atoms with E-state index in [1.54, 1.807) is 42.5 Å². The molecule has 0 spiro atoms. The Morgan fingerprint density at radius 1 is 1.09 bits per heavy atom. The van der Waals surface area contributed by atoms with Crippen LogP contribution in [0.1, 0.15) is 10.5 Å². The number of nitrogens with zero attached hydrogens (tertiary/aromatic N) is 2. The lowest BCUT2D eigenvalue weighted by atomic mass is 10.1. The number of carbonyl (C=O) groups excluding carboxylic acids is 1. The van der Waals surface area contributed by atoms with E-state index in [0.717, 1.165) is 4.68 Å². The van der Waals surface area contributed by atoms with Crippen molar-refractivity contribution in [3.63, 3.8) is 0 Å². The van der Waals surface area contributed by atoms with E-state index in [1.807, 2.05) is 0 Å². The first kappa shape index (κ1) is 15.5. The smallest absolute Gasteiger partial charge is 0.276 e. The van der Waals surface area contributed by atoms with Gasteiger partial charge in [0.2, 0.25) is 0 Å². The van der Waals surface area contributed by atoms with Crippen molar-refractivity contribution >= 4 is 45.6 Å². The van der Waals surface area contributed by atoms with E-state index in [-0.39, 0.29) is 11.3 Å². The molecule has 1 N–H and O–H groups in total. The minimum atomic E-state index is -0.449. The highest BCUT2D eigenvalue weighted by molar-refractivity contribution is 6.35. The molecule has 1 heterocycles. The van der Waals surface area contributed by atoms with E-state index in [9.17, 15) is 9.59 Å². The van der Waals surface area contributed by atoms with E-state index in [1.165, 1.54) is 7.05 Å². The second-order valence-corrected chi connectivity index (χ2v) is 5.81. The van der Waals surface area contributed by atoms with Crippen molar-refractivity contribution in [3.8, 4) is 0 Å². The molecule has 5 nitrogen and oxygen atoms in total. The van der Waals surface area contributed by atoms with Gasteiger partial charge < -0.3 is 5.32 Å². The molecular weight excluding hydrogens is 337 g/mol. The van der Waals surface area contributed by atoms with E-state index in [4.69, 9.17) is 23.2 Å². The van der Waals surface area contributed by atoms with Gasteiger partial charge in [-0.15, -0.1) is 0 Å². The third kappa shape index (κ3) is 3.06. The fourth-order valence-electron chi connectivity index (χ4n) is 2.28. The summed E-state index contributed by atoms with van der Waals surface area (Å²) in [4.78, 5) is 24.6. The maximum absolute atomic E-state index is 12.5. The van der Waals surface area contributed by atoms with Crippen LogP contribution in [0.5, 0.6) is 0 Å². The number of benzene rings is 2. The number of carbonyl (C=O) groups is 1. The largest absolute Gasteiger partial charge is 0.320 e. The summed E-state index contributed by atoms with van der Waals surface area (Å²) in [6, 6.07) is 11.6. The zero-order chi connectivity index (χ0) is 16.6. The lowest BCUT2D eigenvalue weighted by Gasteiger charge is -2.09. The first-order valence-electron chi connectivity index (χ1n) is 6.69. The molecule has 1 amide bonds. The molecule has 0 aliphatic heterocycles. The zero-order valence-corrected chi connectivity index (χ0v) is 13.5. The molecule has 0 atom stereocenters. The Morgan fingerprint density at radius 2 is 1.70 bits per heavy atom. The van der Waals surface area contributed by atoms with Gasteiger partial charge in [0.1, 0.15) is 0 Å². The Balaban J connectivity index is 2.08. The molecular formula is C16H11Cl2N3O2. The first-order valence-corrected chi connectivity index (χ1v) is 7.45. The topological polar surface area (TPSA) is 64.0 Å². The highest BCUT2D eigenvalue weighted by atomic mass is 35.5. The van der Waals surface area contributed by atoms with Crippen molar-refractivity contribution in [1.29, 1.82) is 0 Å². The van der Waals surface area contributed by atoms with Crippen LogP contribution < -0.4 is 10.9 Å². The number of rotatable bonds is 2. The number of anilines is 1. The van der Waals surface area contributed by atoms with Crippen LogP contribution in [0.15, 0.2) is 47.3 Å². The van der Waals surface area contributed by atoms with Gasteiger partial charge in [-0.3, -0.25) is 9.59 Å². The molecule has 116 valence electrons. The normalized spacial score (nSPS) is 10.7. The fraction of sp³-hybridized carbons (Fsp3) is 0.0625. The van der Waals surface area contributed by atoms with Crippen LogP contribution in [0.3, 0.4) is 0 Å². The third-order valence-electron chi connectivity index (χ3n) is 3.29. The number of aromatic nitrogens is 2. The summed E-state index contributed by atoms with van der Waals surface area (Å²) in [5, 5.41) is 8.49. The highest BCUT2D eigenvalue weighted by Crippen LogP contribution is 2.23. The zero-order valence-electron chi connectivity index (χ0n) is 12.0. The van der Waals surface area contributed by atoms with Gasteiger partial charge in [0.05, 0.1) is 5.39 Å². The number of nitrogens with one attached hydrogen (secondary N) is 1. The number of hydrogen-bond acceptors (Lipinski definition) is 3. The second kappa shape index (κ2) is 6.02. The molecule has 3 aromatic rings. The van der Waals surface area contributed by atoms with Crippen LogP contribution in [0.25, 0.3) is 10.8 Å². The summed E-state index contributed by atoms with van der Waals surface area (Å²) in [6.45, 7) is 0. The molecule has 3 rings (SSSR count). The van der Waals surface area contributed by atoms with Crippen LogP contribution in [-0.2, 0) is 7.05 Å². The van der Waals surface area contributed by atoms with E-state index >= 15 is 0 Å². The third-order valence-corrected chi connectivity index (χ3v) is 3.73. The van der Waals surface area contributed by atoms with Gasteiger partial charge in [-0.25, -0.2) is 4.68 Å². The number of fused-ring (bicyclic) bond motifs is 1. The Bertz CT molecular complexity index is 962. The van der Waals surface area contributed by atoms with E-state index in [2.05, 4.69) is 10.4 Å². The Kier molecular flexibility index (Phi) is 4.07. The molecule has 7 heteroatoms. The number of halogens is 2. The maximum Gasteiger partial charge on any atom is 0.276 e. The fourth-order valence-corrected chi connectivity index (χ4v) is 2.81. The average molecular weight is 348 g/mol. The summed E-state index contributed by atoms with van der Waals surface area (Å²) in [5.74, 6) is -0.449. The van der Waals surface area contributed by atoms with Crippen LogP contribution in [-0.4, -0.2) is 15.7 Å². The number of aryl methyl sites for hydroxylation is 1. The predicted molar refractivity (Wildman–Crippen MR) is 91.4 cm³/mol. The second-order valence-electron chi connectivity index (χ2n) is 4.94. The minimum Gasteiger partial charge on any atom is -0.320 e. The average Bonchev–Trinajstić information content (AvgIpc) is 2.49. The molecule has 0 aliphatic rings. The Morgan fingerprint density at radius 3 is 2.35 bits per heavy atom. The van der Waals surface area contributed by atoms with Gasteiger partial charge in [-0.05, 0) is 24.3 Å². The molecule has 0 unspecified atom stereocenters. The standard InChI is InChI=1S/C16H11Cl2N3O2/c1-21-16(23)13-5-3-2-4-12(13)14(20-21)15(22)19-11-7-9(17)6-10(18)8-11/h2-8H,1H3,(H,19,22). The summed E-state index contributed by atoms with van der Waals surface area (Å²) in [6.07, 6.45) is 0. The summed E-state index contributed by atoms with van der Waals surface area (Å²) >= 11 is 11.8. The Labute approximate surface area is 141 Å². The molecule has 0 radical (unpaired) electrons. The SMILES string of the molecule is Cn1nc(C(=O)Nc2cc(Cl)cc(Cl)c2)c2ccccc2c1=O. The monoisotopic (exact) mass is 347 g/mol. The molecule has 0 saturated carbocycles. The van der Waals surface area contributed by atoms with Gasteiger partial charge in [-0.1, -0.05) is 41.4 Å². The minimum absolute atomic E-state index is 0.152. The first-order chi connectivity index (χ1) is 11.0. The van der Waals surface area contributed by atoms with Gasteiger partial charge in [-0.2, -0.15) is 5.10 Å². The van der Waals surface area contributed by atoms with Gasteiger partial charge in [0.25, 0.3) is 11.5 Å². The molecule has 0 saturated heterocycles. The van der Waals surface area contributed by atoms with Crippen molar-refractivity contribution in [2.24, 2.45) is 7.05 Å². The van der Waals surface area contributed by atoms with E-state index < -0.39 is 5.91 Å². The summed E-state index contributed by atoms with van der Waals surface area (Å²) in [7, 11) is 1.50. The molecule has 23 heavy (non-hydrogen) atoms. The van der Waals surface area contributed by atoms with Crippen LogP contribution in [0.2, 0.25) is 10.0 Å². The van der Waals surface area contributed by atoms with Crippen molar-refractivity contribution in [1.82, 2.24) is 9.78 Å². The number of hydrogen-bond donors (Lipinski definition) is 1. The van der Waals surface area contributed by atoms with Crippen LogP contribution in [0.4, 0.5) is 5.69 Å². The van der Waals surface area contributed by atoms with Gasteiger partial charge in [0.15, 0.2) is 5.69 Å². The molecule has 1 aromatic heterocycles. The molecule has 0 fully saturated rings. The van der Waals surface area contributed by atoms with Crippen molar-refractivity contribution < 1.29 is 4.79 Å². The van der Waals surface area contributed by atoms with Crippen LogP contribution >= 0.6 is 23.2 Å². The predicted octanol–water partition coefficient (Wildman–Crippen LogP) is 3.49. The van der Waals surface area contributed by atoms with Crippen molar-refractivity contribution in [3.05, 3.63) is 68.6 Å².